The minimum atomic E-state index is -0.283. The molecule has 1 aliphatic rings. The van der Waals surface area contributed by atoms with Crippen molar-refractivity contribution in [2.75, 3.05) is 26.1 Å². The van der Waals surface area contributed by atoms with Crippen molar-refractivity contribution in [2.24, 2.45) is 7.05 Å². The van der Waals surface area contributed by atoms with E-state index in [-0.39, 0.29) is 18.4 Å². The van der Waals surface area contributed by atoms with Crippen LogP contribution in [-0.2, 0) is 23.1 Å². The molecule has 9 nitrogen and oxygen atoms in total. The van der Waals surface area contributed by atoms with E-state index in [2.05, 4.69) is 10.3 Å². The fraction of sp³-hybridized carbons (Fsp3) is 0.360. The van der Waals surface area contributed by atoms with Gasteiger partial charge in [-0.05, 0) is 37.1 Å². The molecule has 0 bridgehead atoms. The molecule has 176 valence electrons. The van der Waals surface area contributed by atoms with E-state index < -0.39 is 0 Å². The molecule has 3 heterocycles. The number of hydrogen-bond acceptors (Lipinski definition) is 5. The van der Waals surface area contributed by atoms with Crippen molar-refractivity contribution in [2.45, 2.75) is 31.7 Å². The molecule has 9 heteroatoms. The summed E-state index contributed by atoms with van der Waals surface area (Å²) in [6.45, 7) is 0.324. The lowest BCUT2D eigenvalue weighted by atomic mass is 9.85. The SMILES string of the molecule is COCC(=O)Nc1cc(C(=O)N(C)Cc2cnc3ccccn23)c2c(c1)nc(C1CCC1)n2C. The highest BCUT2D eigenvalue weighted by molar-refractivity contribution is 6.07. The number of ether oxygens (including phenoxy) is 1. The average molecular weight is 461 g/mol. The maximum Gasteiger partial charge on any atom is 0.256 e. The topological polar surface area (TPSA) is 93.8 Å². The summed E-state index contributed by atoms with van der Waals surface area (Å²) >= 11 is 0. The van der Waals surface area contributed by atoms with E-state index in [1.54, 1.807) is 24.2 Å². The summed E-state index contributed by atoms with van der Waals surface area (Å²) in [5, 5.41) is 2.83. The van der Waals surface area contributed by atoms with E-state index in [0.29, 0.717) is 29.2 Å². The van der Waals surface area contributed by atoms with E-state index in [1.807, 2.05) is 46.5 Å². The maximum absolute atomic E-state index is 13.7. The van der Waals surface area contributed by atoms with Crippen LogP contribution in [-0.4, -0.2) is 56.4 Å². The Morgan fingerprint density at radius 3 is 2.82 bits per heavy atom. The lowest BCUT2D eigenvalue weighted by molar-refractivity contribution is -0.119. The van der Waals surface area contributed by atoms with Gasteiger partial charge in [-0.3, -0.25) is 9.59 Å². The zero-order valence-electron chi connectivity index (χ0n) is 19.6. The van der Waals surface area contributed by atoms with Crippen LogP contribution in [0.5, 0.6) is 0 Å². The highest BCUT2D eigenvalue weighted by atomic mass is 16.5. The number of hydrogen-bond donors (Lipinski definition) is 1. The van der Waals surface area contributed by atoms with Gasteiger partial charge in [-0.15, -0.1) is 0 Å². The number of methoxy groups -OCH3 is 1. The summed E-state index contributed by atoms with van der Waals surface area (Å²) < 4.78 is 8.94. The predicted octanol–water partition coefficient (Wildman–Crippen LogP) is 3.35. The molecule has 0 atom stereocenters. The number of rotatable bonds is 7. The smallest absolute Gasteiger partial charge is 0.256 e. The van der Waals surface area contributed by atoms with Crippen LogP contribution in [0.2, 0.25) is 0 Å². The van der Waals surface area contributed by atoms with Crippen molar-refractivity contribution in [3.8, 4) is 0 Å². The minimum absolute atomic E-state index is 0.0644. The third-order valence-electron chi connectivity index (χ3n) is 6.50. The van der Waals surface area contributed by atoms with Crippen molar-refractivity contribution in [3.63, 3.8) is 0 Å². The summed E-state index contributed by atoms with van der Waals surface area (Å²) in [4.78, 5) is 36.8. The number of carbonyl (C=O) groups is 2. The molecule has 1 N–H and O–H groups in total. The lowest BCUT2D eigenvalue weighted by Gasteiger charge is -2.24. The molecular formula is C25H28N6O3. The van der Waals surface area contributed by atoms with Crippen LogP contribution in [0, 0.1) is 0 Å². The second kappa shape index (κ2) is 8.90. The van der Waals surface area contributed by atoms with Gasteiger partial charge in [0.15, 0.2) is 0 Å². The molecular weight excluding hydrogens is 432 g/mol. The number of amides is 2. The number of benzene rings is 1. The average Bonchev–Trinajstić information content (AvgIpc) is 3.33. The van der Waals surface area contributed by atoms with Crippen LogP contribution in [0.4, 0.5) is 5.69 Å². The Bertz CT molecular complexity index is 1380. The van der Waals surface area contributed by atoms with E-state index in [9.17, 15) is 9.59 Å². The summed E-state index contributed by atoms with van der Waals surface area (Å²) in [5.74, 6) is 0.958. The lowest BCUT2D eigenvalue weighted by Crippen LogP contribution is -2.27. The van der Waals surface area contributed by atoms with Gasteiger partial charge in [0.25, 0.3) is 5.91 Å². The number of nitrogens with one attached hydrogen (secondary N) is 1. The maximum atomic E-state index is 13.7. The molecule has 3 aromatic heterocycles. The third-order valence-corrected chi connectivity index (χ3v) is 6.50. The molecule has 0 saturated heterocycles. The molecule has 1 saturated carbocycles. The van der Waals surface area contributed by atoms with Crippen LogP contribution in [0.1, 0.15) is 47.1 Å². The second-order valence-electron chi connectivity index (χ2n) is 8.87. The molecule has 1 fully saturated rings. The van der Waals surface area contributed by atoms with Gasteiger partial charge in [0.2, 0.25) is 5.91 Å². The number of carbonyl (C=O) groups excluding carboxylic acids is 2. The van der Waals surface area contributed by atoms with Crippen molar-refractivity contribution in [1.29, 1.82) is 0 Å². The van der Waals surface area contributed by atoms with Crippen molar-refractivity contribution < 1.29 is 14.3 Å². The molecule has 0 aliphatic heterocycles. The fourth-order valence-electron chi connectivity index (χ4n) is 4.59. The molecule has 34 heavy (non-hydrogen) atoms. The quantitative estimate of drug-likeness (QED) is 0.457. The Morgan fingerprint density at radius 1 is 1.26 bits per heavy atom. The van der Waals surface area contributed by atoms with Crippen LogP contribution < -0.4 is 5.32 Å². The Labute approximate surface area is 197 Å². The molecule has 2 amide bonds. The predicted molar refractivity (Wildman–Crippen MR) is 129 cm³/mol. The van der Waals surface area contributed by atoms with Gasteiger partial charge in [0.05, 0.1) is 35.0 Å². The van der Waals surface area contributed by atoms with Crippen LogP contribution in [0.25, 0.3) is 16.7 Å². The molecule has 5 rings (SSSR count). The van der Waals surface area contributed by atoms with Gasteiger partial charge in [-0.2, -0.15) is 0 Å². The summed E-state index contributed by atoms with van der Waals surface area (Å²) in [5.41, 5.74) is 4.25. The second-order valence-corrected chi connectivity index (χ2v) is 8.87. The Hall–Kier alpha value is -3.72. The first kappa shape index (κ1) is 22.1. The fourth-order valence-corrected chi connectivity index (χ4v) is 4.59. The first-order valence-corrected chi connectivity index (χ1v) is 11.4. The van der Waals surface area contributed by atoms with Gasteiger partial charge >= 0.3 is 0 Å². The highest BCUT2D eigenvalue weighted by Gasteiger charge is 2.28. The number of anilines is 1. The number of nitrogens with zero attached hydrogens (tertiary/aromatic N) is 5. The minimum Gasteiger partial charge on any atom is -0.375 e. The van der Waals surface area contributed by atoms with E-state index in [4.69, 9.17) is 9.72 Å². The van der Waals surface area contributed by atoms with Gasteiger partial charge in [0.1, 0.15) is 18.1 Å². The highest BCUT2D eigenvalue weighted by Crippen LogP contribution is 2.38. The molecule has 0 unspecified atom stereocenters. The monoisotopic (exact) mass is 460 g/mol. The van der Waals surface area contributed by atoms with Crippen molar-refractivity contribution in [1.82, 2.24) is 23.8 Å². The van der Waals surface area contributed by atoms with Gasteiger partial charge < -0.3 is 23.9 Å². The van der Waals surface area contributed by atoms with Gasteiger partial charge in [-0.25, -0.2) is 9.97 Å². The zero-order chi connectivity index (χ0) is 23.8. The largest absolute Gasteiger partial charge is 0.375 e. The van der Waals surface area contributed by atoms with Crippen LogP contribution >= 0.6 is 0 Å². The number of pyridine rings is 1. The van der Waals surface area contributed by atoms with E-state index in [1.165, 1.54) is 13.5 Å². The zero-order valence-corrected chi connectivity index (χ0v) is 19.6. The Morgan fingerprint density at radius 2 is 2.09 bits per heavy atom. The Kier molecular flexibility index (Phi) is 5.79. The first-order chi connectivity index (χ1) is 16.5. The van der Waals surface area contributed by atoms with E-state index >= 15 is 0 Å². The van der Waals surface area contributed by atoms with Crippen molar-refractivity contribution >= 4 is 34.2 Å². The number of aryl methyl sites for hydroxylation is 1. The van der Waals surface area contributed by atoms with Gasteiger partial charge in [0, 0.05) is 39.0 Å². The van der Waals surface area contributed by atoms with E-state index in [0.717, 1.165) is 35.5 Å². The van der Waals surface area contributed by atoms with Crippen molar-refractivity contribution in [3.05, 3.63) is 59.8 Å². The van der Waals surface area contributed by atoms with Crippen LogP contribution in [0.3, 0.4) is 0 Å². The number of imidazole rings is 2. The third kappa shape index (κ3) is 3.92. The van der Waals surface area contributed by atoms with Gasteiger partial charge in [-0.1, -0.05) is 12.5 Å². The standard InChI is InChI=1S/C25H28N6O3/c1-29(14-18-13-26-21-9-4-5-10-31(18)21)25(33)19-11-17(27-22(32)15-34-3)12-20-23(19)30(2)24(28-20)16-7-6-8-16/h4-5,9-13,16H,6-8,14-15H2,1-3H3,(H,27,32). The Balaban J connectivity index is 1.53. The number of aromatic nitrogens is 4. The normalized spacial score (nSPS) is 13.9. The molecule has 0 spiro atoms. The summed E-state index contributed by atoms with van der Waals surface area (Å²) in [6.07, 6.45) is 7.12. The molecule has 0 radical (unpaired) electrons. The molecule has 1 aliphatic carbocycles. The first-order valence-electron chi connectivity index (χ1n) is 11.4. The van der Waals surface area contributed by atoms with Crippen LogP contribution in [0.15, 0.2) is 42.7 Å². The summed E-state index contributed by atoms with van der Waals surface area (Å²) in [6, 6.07) is 9.36. The summed E-state index contributed by atoms with van der Waals surface area (Å²) in [7, 11) is 5.21. The molecule has 1 aromatic carbocycles. The molecule has 4 aromatic rings. The number of fused-ring (bicyclic) bond motifs is 2.